The third-order valence-electron chi connectivity index (χ3n) is 3.65. The Morgan fingerprint density at radius 3 is 2.76 bits per heavy atom. The van der Waals surface area contributed by atoms with Crippen LogP contribution in [0.1, 0.15) is 12.5 Å². The van der Waals surface area contributed by atoms with E-state index in [0.29, 0.717) is 23.0 Å². The number of nitrogens with one attached hydrogen (secondary N) is 2. The molecule has 2 rings (SSSR count). The molecule has 1 aromatic rings. The molecule has 0 aliphatic carbocycles. The van der Waals surface area contributed by atoms with Crippen LogP contribution in [0.4, 0.5) is 0 Å². The first-order valence-corrected chi connectivity index (χ1v) is 8.23. The minimum Gasteiger partial charge on any atom is -0.496 e. The van der Waals surface area contributed by atoms with Crippen molar-refractivity contribution < 1.29 is 19.0 Å². The molecular formula is C18H22N2O4S. The fourth-order valence-electron chi connectivity index (χ4n) is 2.44. The van der Waals surface area contributed by atoms with Gasteiger partial charge in [0.1, 0.15) is 12.4 Å². The van der Waals surface area contributed by atoms with Crippen LogP contribution in [0.3, 0.4) is 0 Å². The van der Waals surface area contributed by atoms with Crippen molar-refractivity contribution in [3.63, 3.8) is 0 Å². The maximum Gasteiger partial charge on any atom is 0.338 e. The van der Waals surface area contributed by atoms with Gasteiger partial charge in [-0.15, -0.1) is 0 Å². The van der Waals surface area contributed by atoms with Gasteiger partial charge < -0.3 is 24.8 Å². The number of para-hydroxylation sites is 1. The zero-order valence-electron chi connectivity index (χ0n) is 14.5. The molecule has 1 aliphatic rings. The molecule has 0 unspecified atom stereocenters. The Kier molecular flexibility index (Phi) is 6.97. The molecule has 0 amide bonds. The second-order valence-electron chi connectivity index (χ2n) is 5.34. The van der Waals surface area contributed by atoms with Crippen LogP contribution in [-0.2, 0) is 14.3 Å². The largest absolute Gasteiger partial charge is 0.496 e. The van der Waals surface area contributed by atoms with Gasteiger partial charge in [-0.05, 0) is 25.2 Å². The first kappa shape index (κ1) is 19.0. The highest BCUT2D eigenvalue weighted by Gasteiger charge is 2.28. The van der Waals surface area contributed by atoms with E-state index in [2.05, 4.69) is 10.6 Å². The van der Waals surface area contributed by atoms with Crippen LogP contribution < -0.4 is 15.4 Å². The van der Waals surface area contributed by atoms with Crippen molar-refractivity contribution in [3.05, 3.63) is 47.2 Å². The number of methoxy groups -OCH3 is 2. The number of ether oxygens (including phenoxy) is 3. The van der Waals surface area contributed by atoms with Crippen LogP contribution in [0, 0.1) is 0 Å². The lowest BCUT2D eigenvalue weighted by atomic mass is 10.0. The molecule has 0 aromatic heterocycles. The van der Waals surface area contributed by atoms with Crippen LogP contribution >= 0.6 is 12.2 Å². The average molecular weight is 362 g/mol. The number of hydrogen-bond acceptors (Lipinski definition) is 5. The fourth-order valence-corrected chi connectivity index (χ4v) is 2.72. The van der Waals surface area contributed by atoms with E-state index < -0.39 is 12.0 Å². The standard InChI is InChI=1S/C18H22N2O4S/c1-12-16(17(21)24-11-10-22-2)14(20-18(25)19-12)9-8-13-6-4-5-7-15(13)23-3/h4-9,14H,10-11H2,1-3H3,(H2,19,20,25)/b9-8+/t14-/m1/s1. The number of carbonyl (C=O) groups is 1. The van der Waals surface area contributed by atoms with E-state index in [1.807, 2.05) is 36.4 Å². The van der Waals surface area contributed by atoms with Crippen LogP contribution in [0.2, 0.25) is 0 Å². The highest BCUT2D eigenvalue weighted by molar-refractivity contribution is 7.80. The van der Waals surface area contributed by atoms with E-state index >= 15 is 0 Å². The molecule has 0 saturated carbocycles. The summed E-state index contributed by atoms with van der Waals surface area (Å²) >= 11 is 5.20. The first-order chi connectivity index (χ1) is 12.1. The lowest BCUT2D eigenvalue weighted by Crippen LogP contribution is -2.49. The summed E-state index contributed by atoms with van der Waals surface area (Å²) in [7, 11) is 3.17. The van der Waals surface area contributed by atoms with E-state index in [-0.39, 0.29) is 6.61 Å². The summed E-state index contributed by atoms with van der Waals surface area (Å²) in [5.74, 6) is 0.340. The molecule has 2 N–H and O–H groups in total. The van der Waals surface area contributed by atoms with Crippen LogP contribution in [0.15, 0.2) is 41.6 Å². The quantitative estimate of drug-likeness (QED) is 0.437. The maximum absolute atomic E-state index is 12.4. The van der Waals surface area contributed by atoms with Gasteiger partial charge in [0.25, 0.3) is 0 Å². The van der Waals surface area contributed by atoms with Crippen molar-refractivity contribution in [2.45, 2.75) is 13.0 Å². The molecule has 134 valence electrons. The summed E-state index contributed by atoms with van der Waals surface area (Å²) in [4.78, 5) is 12.4. The first-order valence-electron chi connectivity index (χ1n) is 7.82. The SMILES string of the molecule is COCCOC(=O)C1=C(C)NC(=S)N[C@@H]1/C=C/c1ccccc1OC. The van der Waals surface area contributed by atoms with Crippen molar-refractivity contribution in [2.75, 3.05) is 27.4 Å². The summed E-state index contributed by atoms with van der Waals surface area (Å²) in [5.41, 5.74) is 2.05. The topological polar surface area (TPSA) is 68.8 Å². The van der Waals surface area contributed by atoms with E-state index in [0.717, 1.165) is 11.3 Å². The van der Waals surface area contributed by atoms with Gasteiger partial charge in [0.15, 0.2) is 5.11 Å². The zero-order valence-corrected chi connectivity index (χ0v) is 15.3. The van der Waals surface area contributed by atoms with E-state index in [4.69, 9.17) is 26.4 Å². The van der Waals surface area contributed by atoms with Crippen LogP contribution in [0.5, 0.6) is 5.75 Å². The van der Waals surface area contributed by atoms with Gasteiger partial charge >= 0.3 is 5.97 Å². The van der Waals surface area contributed by atoms with Gasteiger partial charge in [-0.25, -0.2) is 4.79 Å². The second kappa shape index (κ2) is 9.19. The molecule has 25 heavy (non-hydrogen) atoms. The lowest BCUT2D eigenvalue weighted by molar-refractivity contribution is -0.140. The molecule has 6 nitrogen and oxygen atoms in total. The Labute approximate surface area is 152 Å². The summed E-state index contributed by atoms with van der Waals surface area (Å²) < 4.78 is 15.5. The van der Waals surface area contributed by atoms with Crippen molar-refractivity contribution in [3.8, 4) is 5.75 Å². The van der Waals surface area contributed by atoms with Crippen molar-refractivity contribution in [1.29, 1.82) is 0 Å². The van der Waals surface area contributed by atoms with E-state index in [9.17, 15) is 4.79 Å². The van der Waals surface area contributed by atoms with Crippen molar-refractivity contribution in [2.24, 2.45) is 0 Å². The predicted octanol–water partition coefficient (Wildman–Crippen LogP) is 2.02. The monoisotopic (exact) mass is 362 g/mol. The molecule has 0 bridgehead atoms. The predicted molar refractivity (Wildman–Crippen MR) is 100 cm³/mol. The third-order valence-corrected chi connectivity index (χ3v) is 3.87. The smallest absolute Gasteiger partial charge is 0.338 e. The molecule has 1 atom stereocenters. The molecule has 0 radical (unpaired) electrons. The molecule has 0 spiro atoms. The lowest BCUT2D eigenvalue weighted by Gasteiger charge is -2.27. The number of rotatable bonds is 7. The zero-order chi connectivity index (χ0) is 18.2. The highest BCUT2D eigenvalue weighted by atomic mass is 32.1. The molecule has 0 fully saturated rings. The Bertz CT molecular complexity index is 700. The Morgan fingerprint density at radius 1 is 1.28 bits per heavy atom. The van der Waals surface area contributed by atoms with Crippen molar-refractivity contribution in [1.82, 2.24) is 10.6 Å². The fraction of sp³-hybridized carbons (Fsp3) is 0.333. The molecular weight excluding hydrogens is 340 g/mol. The molecule has 7 heteroatoms. The van der Waals surface area contributed by atoms with Gasteiger partial charge in [-0.3, -0.25) is 0 Å². The Balaban J connectivity index is 2.23. The summed E-state index contributed by atoms with van der Waals surface area (Å²) in [5, 5.41) is 6.50. The number of thiocarbonyl (C=S) groups is 1. The van der Waals surface area contributed by atoms with Crippen LogP contribution in [-0.4, -0.2) is 44.6 Å². The molecule has 0 saturated heterocycles. The minimum absolute atomic E-state index is 0.194. The highest BCUT2D eigenvalue weighted by Crippen LogP contribution is 2.21. The van der Waals surface area contributed by atoms with Crippen molar-refractivity contribution >= 4 is 29.4 Å². The van der Waals surface area contributed by atoms with Gasteiger partial charge in [0.05, 0.1) is 25.3 Å². The molecule has 1 aromatic carbocycles. The van der Waals surface area contributed by atoms with Gasteiger partial charge in [0.2, 0.25) is 0 Å². The number of esters is 1. The summed E-state index contributed by atoms with van der Waals surface area (Å²) in [6, 6.07) is 7.23. The minimum atomic E-state index is -0.410. The third kappa shape index (κ3) is 5.04. The molecule has 1 heterocycles. The normalized spacial score (nSPS) is 17.2. The Morgan fingerprint density at radius 2 is 2.04 bits per heavy atom. The van der Waals surface area contributed by atoms with Gasteiger partial charge in [-0.2, -0.15) is 0 Å². The van der Waals surface area contributed by atoms with E-state index in [1.165, 1.54) is 0 Å². The Hall–Kier alpha value is -2.38. The summed E-state index contributed by atoms with van der Waals surface area (Å²) in [6.07, 6.45) is 3.75. The average Bonchev–Trinajstić information content (AvgIpc) is 2.59. The second-order valence-corrected chi connectivity index (χ2v) is 5.75. The number of carbonyl (C=O) groups excluding carboxylic acids is 1. The maximum atomic E-state index is 12.4. The number of benzene rings is 1. The van der Waals surface area contributed by atoms with Crippen LogP contribution in [0.25, 0.3) is 6.08 Å². The van der Waals surface area contributed by atoms with Gasteiger partial charge in [-0.1, -0.05) is 30.4 Å². The van der Waals surface area contributed by atoms with E-state index in [1.54, 1.807) is 21.1 Å². The molecule has 1 aliphatic heterocycles. The van der Waals surface area contributed by atoms with Gasteiger partial charge in [0, 0.05) is 18.4 Å². The number of hydrogen-bond donors (Lipinski definition) is 2. The summed E-state index contributed by atoms with van der Waals surface area (Å²) in [6.45, 7) is 2.34. The number of allylic oxidation sites excluding steroid dienone is 1.